The zero-order valence-corrected chi connectivity index (χ0v) is 31.5. The van der Waals surface area contributed by atoms with Gasteiger partial charge in [0.25, 0.3) is 32.1 Å². The van der Waals surface area contributed by atoms with Crippen LogP contribution in [0, 0.1) is 0 Å². The van der Waals surface area contributed by atoms with E-state index in [1.807, 2.05) is 58.9 Å². The van der Waals surface area contributed by atoms with Crippen LogP contribution in [-0.4, -0.2) is 67.9 Å². The highest BCUT2D eigenvalue weighted by Gasteiger charge is 2.43. The molecule has 0 spiro atoms. The summed E-state index contributed by atoms with van der Waals surface area (Å²) in [4.78, 5) is 44.6. The number of allylic oxidation sites excluding steroid dienone is 5. The van der Waals surface area contributed by atoms with Crippen molar-refractivity contribution in [3.05, 3.63) is 83.6 Å². The summed E-state index contributed by atoms with van der Waals surface area (Å²) in [5, 5.41) is 0.543. The van der Waals surface area contributed by atoms with E-state index in [1.165, 1.54) is 24.3 Å². The van der Waals surface area contributed by atoms with E-state index in [9.17, 15) is 40.3 Å². The number of anilines is 2. The number of amides is 2. The molecule has 1 saturated heterocycles. The number of rotatable bonds is 13. The average molecular weight is 756 g/mol. The molecule has 3 heterocycles. The minimum atomic E-state index is -4.43. The van der Waals surface area contributed by atoms with E-state index in [0.717, 1.165) is 28.2 Å². The lowest BCUT2D eigenvalue weighted by atomic mass is 9.80. The smallest absolute Gasteiger partial charge is 0.333 e. The highest BCUT2D eigenvalue weighted by molar-refractivity contribution is 7.86. The molecule has 3 aliphatic heterocycles. The molecule has 1 atom stereocenters. The second-order valence-corrected chi connectivity index (χ2v) is 17.1. The first kappa shape index (κ1) is 38.9. The number of carbonyl (C=O) groups excluding carboxylic acids is 3. The van der Waals surface area contributed by atoms with Gasteiger partial charge in [-0.15, -0.1) is 5.06 Å². The molecule has 0 aliphatic carbocycles. The Morgan fingerprint density at radius 1 is 0.846 bits per heavy atom. The number of hydrogen-bond donors (Lipinski definition) is 2. The first-order valence-electron chi connectivity index (χ1n) is 17.2. The van der Waals surface area contributed by atoms with Crippen LogP contribution < -0.4 is 9.80 Å². The third-order valence-corrected chi connectivity index (χ3v) is 11.8. The molecule has 0 bridgehead atoms. The van der Waals surface area contributed by atoms with Gasteiger partial charge in [0.15, 0.2) is 0 Å². The zero-order chi connectivity index (χ0) is 38.2. The van der Waals surface area contributed by atoms with Gasteiger partial charge in [0, 0.05) is 60.3 Å². The largest absolute Gasteiger partial charge is 0.364 e. The molecular weight excluding hydrogens is 711 g/mol. The van der Waals surface area contributed by atoms with Crippen molar-refractivity contribution in [2.45, 2.75) is 99.8 Å². The Hall–Kier alpha value is -4.31. The standard InChI is InChI=1S/C37H45N3O10S2/c1-6-38-29-18-16-25(51(44,45)46)23-27(29)36(2,3)31(38)13-9-7-10-14-32-37(4,5)28-24-26(52(47,48)49)17-19-30(28)39(32)22-12-8-11-15-35(43)50-40-33(41)20-21-34(40)42/h7,9-10,13-14,16-19,23-24,31H,6,8,11-12,15,20-22H2,1-5H3,(H,44,45,46)(H,47,48,49)/b10-7+,13-9+,32-14+. The van der Waals surface area contributed by atoms with Gasteiger partial charge in [0.1, 0.15) is 0 Å². The van der Waals surface area contributed by atoms with Gasteiger partial charge in [-0.2, -0.15) is 16.8 Å². The van der Waals surface area contributed by atoms with Crippen molar-refractivity contribution in [1.29, 1.82) is 0 Å². The summed E-state index contributed by atoms with van der Waals surface area (Å²) in [5.74, 6) is -1.70. The van der Waals surface area contributed by atoms with Gasteiger partial charge in [-0.3, -0.25) is 18.7 Å². The molecule has 1 fully saturated rings. The van der Waals surface area contributed by atoms with E-state index in [0.29, 0.717) is 37.4 Å². The lowest BCUT2D eigenvalue weighted by molar-refractivity contribution is -0.197. The van der Waals surface area contributed by atoms with Gasteiger partial charge >= 0.3 is 5.97 Å². The van der Waals surface area contributed by atoms with Crippen LogP contribution >= 0.6 is 0 Å². The first-order valence-corrected chi connectivity index (χ1v) is 20.1. The third-order valence-electron chi connectivity index (χ3n) is 10.1. The Labute approximate surface area is 305 Å². The minimum absolute atomic E-state index is 0.0282. The van der Waals surface area contributed by atoms with Gasteiger partial charge < -0.3 is 14.6 Å². The monoisotopic (exact) mass is 755 g/mol. The van der Waals surface area contributed by atoms with Crippen molar-refractivity contribution in [3.63, 3.8) is 0 Å². The van der Waals surface area contributed by atoms with Crippen LogP contribution in [0.3, 0.4) is 0 Å². The maximum atomic E-state index is 12.3. The van der Waals surface area contributed by atoms with Crippen LogP contribution in [0.25, 0.3) is 0 Å². The normalized spacial score (nSPS) is 20.5. The van der Waals surface area contributed by atoms with Gasteiger partial charge in [0.2, 0.25) is 0 Å². The Kier molecular flexibility index (Phi) is 10.9. The molecule has 15 heteroatoms. The third kappa shape index (κ3) is 7.72. The molecule has 1 unspecified atom stereocenters. The predicted octanol–water partition coefficient (Wildman–Crippen LogP) is 5.63. The number of benzene rings is 2. The molecule has 2 aromatic rings. The van der Waals surface area contributed by atoms with E-state index < -0.39 is 48.8 Å². The number of nitrogens with zero attached hydrogens (tertiary/aromatic N) is 3. The van der Waals surface area contributed by atoms with E-state index in [2.05, 4.69) is 15.9 Å². The molecule has 280 valence electrons. The summed E-state index contributed by atoms with van der Waals surface area (Å²) in [6, 6.07) is 9.11. The van der Waals surface area contributed by atoms with E-state index in [-0.39, 0.29) is 35.1 Å². The fourth-order valence-electron chi connectivity index (χ4n) is 7.31. The molecule has 2 aromatic carbocycles. The Bertz CT molecular complexity index is 2070. The molecule has 2 N–H and O–H groups in total. The van der Waals surface area contributed by atoms with Gasteiger partial charge in [-0.05, 0) is 73.4 Å². The quantitative estimate of drug-likeness (QED) is 0.112. The van der Waals surface area contributed by atoms with E-state index >= 15 is 0 Å². The number of fused-ring (bicyclic) bond motifs is 2. The molecule has 0 saturated carbocycles. The summed E-state index contributed by atoms with van der Waals surface area (Å²) >= 11 is 0. The van der Waals surface area contributed by atoms with Crippen molar-refractivity contribution in [1.82, 2.24) is 5.06 Å². The molecule has 0 radical (unpaired) electrons. The molecule has 52 heavy (non-hydrogen) atoms. The second-order valence-electron chi connectivity index (χ2n) is 14.2. The Morgan fingerprint density at radius 3 is 2.04 bits per heavy atom. The van der Waals surface area contributed by atoms with Gasteiger partial charge in [-0.25, -0.2) is 4.79 Å². The lowest BCUT2D eigenvalue weighted by Gasteiger charge is -2.31. The summed E-state index contributed by atoms with van der Waals surface area (Å²) in [6.45, 7) is 11.3. The number of imide groups is 1. The highest BCUT2D eigenvalue weighted by atomic mass is 32.2. The van der Waals surface area contributed by atoms with Crippen LogP contribution in [0.2, 0.25) is 0 Å². The predicted molar refractivity (Wildman–Crippen MR) is 195 cm³/mol. The van der Waals surface area contributed by atoms with Crippen molar-refractivity contribution >= 4 is 49.4 Å². The topological polar surface area (TPSA) is 179 Å². The fourth-order valence-corrected chi connectivity index (χ4v) is 8.32. The minimum Gasteiger partial charge on any atom is -0.364 e. The molecule has 2 amide bonds. The molecule has 5 rings (SSSR count). The van der Waals surface area contributed by atoms with Gasteiger partial charge in [0.05, 0.1) is 15.8 Å². The number of likely N-dealkylation sites (N-methyl/N-ethyl adjacent to an activating group) is 1. The fraction of sp³-hybridized carbons (Fsp3) is 0.432. The first-order chi connectivity index (χ1) is 24.3. The van der Waals surface area contributed by atoms with Crippen LogP contribution in [0.1, 0.15) is 84.3 Å². The van der Waals surface area contributed by atoms with Crippen LogP contribution in [0.4, 0.5) is 11.4 Å². The zero-order valence-electron chi connectivity index (χ0n) is 29.9. The molecule has 0 aromatic heterocycles. The highest BCUT2D eigenvalue weighted by Crippen LogP contribution is 2.49. The maximum Gasteiger partial charge on any atom is 0.333 e. The Morgan fingerprint density at radius 2 is 1.44 bits per heavy atom. The van der Waals surface area contributed by atoms with Gasteiger partial charge in [-0.1, -0.05) is 58.4 Å². The lowest BCUT2D eigenvalue weighted by Crippen LogP contribution is -2.39. The summed E-state index contributed by atoms with van der Waals surface area (Å²) in [5.41, 5.74) is 3.05. The van der Waals surface area contributed by atoms with Crippen LogP contribution in [-0.2, 0) is 50.3 Å². The van der Waals surface area contributed by atoms with E-state index in [4.69, 9.17) is 4.84 Å². The molecule has 3 aliphatic rings. The number of hydroxylamine groups is 2. The van der Waals surface area contributed by atoms with Crippen molar-refractivity contribution in [2.24, 2.45) is 0 Å². The van der Waals surface area contributed by atoms with Crippen molar-refractivity contribution in [3.8, 4) is 0 Å². The maximum absolute atomic E-state index is 12.3. The Balaban J connectivity index is 1.32. The molecule has 13 nitrogen and oxygen atoms in total. The number of carbonyl (C=O) groups is 3. The van der Waals surface area contributed by atoms with Crippen LogP contribution in [0.5, 0.6) is 0 Å². The average Bonchev–Trinajstić information content (AvgIpc) is 3.58. The summed E-state index contributed by atoms with van der Waals surface area (Å²) in [7, 11) is -8.79. The summed E-state index contributed by atoms with van der Waals surface area (Å²) in [6.07, 6.45) is 11.6. The van der Waals surface area contributed by atoms with E-state index in [1.54, 1.807) is 12.1 Å². The molecular formula is C37H45N3O10S2. The SMILES string of the molecule is CCN1c2ccc(S(=O)(=O)O)cc2C(C)(C)C1/C=C/C=C/C=C1/N(CCCCCC(=O)ON2C(=O)CCC2=O)c2ccc(S(=O)(=O)O)cc2C1(C)C. The van der Waals surface area contributed by atoms with Crippen LogP contribution in [0.15, 0.2) is 82.3 Å². The second kappa shape index (κ2) is 14.6. The summed E-state index contributed by atoms with van der Waals surface area (Å²) < 4.78 is 67.1. The number of hydrogen-bond acceptors (Lipinski definition) is 10. The number of unbranched alkanes of at least 4 members (excludes halogenated alkanes) is 2. The van der Waals surface area contributed by atoms with Crippen molar-refractivity contribution < 1.29 is 45.2 Å². The van der Waals surface area contributed by atoms with Crippen molar-refractivity contribution in [2.75, 3.05) is 22.9 Å².